The third kappa shape index (κ3) is 5.25. The zero-order valence-corrected chi connectivity index (χ0v) is 10.4. The Kier molecular flexibility index (Phi) is 7.54. The molecule has 0 aliphatic rings. The molecule has 0 aliphatic heterocycles. The van der Waals surface area contributed by atoms with Crippen LogP contribution in [0.25, 0.3) is 0 Å². The first kappa shape index (κ1) is 13.5. The molecule has 0 spiro atoms. The van der Waals surface area contributed by atoms with Crippen molar-refractivity contribution in [1.82, 2.24) is 4.90 Å². The summed E-state index contributed by atoms with van der Waals surface area (Å²) in [5.74, 6) is -0.528. The minimum Gasteiger partial charge on any atom is -0.452 e. The van der Waals surface area contributed by atoms with Crippen LogP contribution in [0.2, 0.25) is 0 Å². The van der Waals surface area contributed by atoms with Gasteiger partial charge < -0.3 is 14.4 Å². The van der Waals surface area contributed by atoms with Crippen molar-refractivity contribution in [3.63, 3.8) is 0 Å². The zero-order chi connectivity index (χ0) is 11.0. The second-order valence-electron chi connectivity index (χ2n) is 2.35. The van der Waals surface area contributed by atoms with Crippen molar-refractivity contribution < 1.29 is 19.1 Å². The van der Waals surface area contributed by atoms with Gasteiger partial charge in [0.1, 0.15) is 4.61 Å². The summed E-state index contributed by atoms with van der Waals surface area (Å²) in [7, 11) is 0. The largest absolute Gasteiger partial charge is 0.452 e. The highest BCUT2D eigenvalue weighted by Gasteiger charge is 2.12. The van der Waals surface area contributed by atoms with E-state index in [4.69, 9.17) is 4.74 Å². The van der Waals surface area contributed by atoms with Crippen LogP contribution in [-0.4, -0.2) is 41.3 Å². The van der Waals surface area contributed by atoms with Gasteiger partial charge in [-0.3, -0.25) is 0 Å². The van der Waals surface area contributed by atoms with E-state index >= 15 is 0 Å². The molecule has 0 rings (SSSR count). The van der Waals surface area contributed by atoms with Gasteiger partial charge >= 0.3 is 12.1 Å². The number of carbonyl (C=O) groups is 2. The molecule has 0 aromatic carbocycles. The van der Waals surface area contributed by atoms with Gasteiger partial charge in [0, 0.05) is 13.1 Å². The topological polar surface area (TPSA) is 55.8 Å². The lowest BCUT2D eigenvalue weighted by molar-refractivity contribution is -0.144. The smallest absolute Gasteiger partial charge is 0.410 e. The fourth-order valence-corrected chi connectivity index (χ4v) is 1.14. The van der Waals surface area contributed by atoms with E-state index in [0.717, 1.165) is 0 Å². The molecule has 6 heteroatoms. The van der Waals surface area contributed by atoms with Crippen molar-refractivity contribution in [2.45, 2.75) is 13.8 Å². The Bertz CT molecular complexity index is 194. The maximum atomic E-state index is 11.2. The lowest BCUT2D eigenvalue weighted by atomic mass is 10.5. The second kappa shape index (κ2) is 7.84. The summed E-state index contributed by atoms with van der Waals surface area (Å²) in [5.41, 5.74) is 0. The number of halogens is 1. The molecular formula is C8H14INO4. The molecular weight excluding hydrogens is 301 g/mol. The van der Waals surface area contributed by atoms with E-state index < -0.39 is 12.1 Å². The van der Waals surface area contributed by atoms with Crippen LogP contribution in [-0.2, 0) is 14.3 Å². The minimum atomic E-state index is -0.528. The molecule has 0 unspecified atom stereocenters. The van der Waals surface area contributed by atoms with Crippen LogP contribution >= 0.6 is 22.6 Å². The number of alkyl halides is 1. The summed E-state index contributed by atoms with van der Waals surface area (Å²) in [4.78, 5) is 23.5. The van der Waals surface area contributed by atoms with Gasteiger partial charge in [-0.2, -0.15) is 0 Å². The van der Waals surface area contributed by atoms with Crippen molar-refractivity contribution in [2.24, 2.45) is 0 Å². The maximum absolute atomic E-state index is 11.2. The molecule has 0 saturated carbocycles. The lowest BCUT2D eigenvalue weighted by Crippen LogP contribution is -2.32. The summed E-state index contributed by atoms with van der Waals surface area (Å²) in [6.07, 6.45) is -0.486. The van der Waals surface area contributed by atoms with E-state index in [1.807, 2.05) is 36.4 Å². The van der Waals surface area contributed by atoms with E-state index in [-0.39, 0.29) is 11.2 Å². The van der Waals surface area contributed by atoms with Gasteiger partial charge in [0.15, 0.2) is 6.61 Å². The van der Waals surface area contributed by atoms with Gasteiger partial charge in [-0.1, -0.05) is 0 Å². The van der Waals surface area contributed by atoms with Gasteiger partial charge in [-0.05, 0) is 36.4 Å². The number of hydrogen-bond acceptors (Lipinski definition) is 4. The van der Waals surface area contributed by atoms with E-state index in [1.165, 1.54) is 4.90 Å². The van der Waals surface area contributed by atoms with E-state index in [9.17, 15) is 9.59 Å². The van der Waals surface area contributed by atoms with Crippen molar-refractivity contribution >= 4 is 34.7 Å². The Balaban J connectivity index is 3.77. The van der Waals surface area contributed by atoms with Crippen LogP contribution in [0.1, 0.15) is 13.8 Å². The Morgan fingerprint density at radius 2 is 1.79 bits per heavy atom. The number of carbonyl (C=O) groups excluding carboxylic acids is 2. The quantitative estimate of drug-likeness (QED) is 0.437. The highest BCUT2D eigenvalue weighted by Crippen LogP contribution is 1.94. The Morgan fingerprint density at radius 3 is 2.21 bits per heavy atom. The summed E-state index contributed by atoms with van der Waals surface area (Å²) in [6.45, 7) is 4.49. The van der Waals surface area contributed by atoms with Crippen molar-refractivity contribution in [2.75, 3.05) is 24.3 Å². The van der Waals surface area contributed by atoms with Crippen molar-refractivity contribution in [3.05, 3.63) is 0 Å². The minimum absolute atomic E-state index is 0.263. The van der Waals surface area contributed by atoms with Gasteiger partial charge in [0.05, 0.1) is 0 Å². The average Bonchev–Trinajstić information content (AvgIpc) is 2.17. The first-order chi connectivity index (χ1) is 6.65. The Morgan fingerprint density at radius 1 is 1.21 bits per heavy atom. The molecule has 5 nitrogen and oxygen atoms in total. The number of esters is 1. The fraction of sp³-hybridized carbons (Fsp3) is 0.750. The first-order valence-electron chi connectivity index (χ1n) is 4.28. The number of ether oxygens (including phenoxy) is 2. The number of hydrogen-bond donors (Lipinski definition) is 0. The van der Waals surface area contributed by atoms with Crippen LogP contribution in [0, 0.1) is 0 Å². The predicted molar refractivity (Wildman–Crippen MR) is 59.2 cm³/mol. The predicted octanol–water partition coefficient (Wildman–Crippen LogP) is 1.40. The summed E-state index contributed by atoms with van der Waals surface area (Å²) >= 11 is 1.89. The Labute approximate surface area is 96.9 Å². The zero-order valence-electron chi connectivity index (χ0n) is 8.29. The first-order valence-corrected chi connectivity index (χ1v) is 5.81. The third-order valence-electron chi connectivity index (χ3n) is 1.55. The maximum Gasteiger partial charge on any atom is 0.410 e. The van der Waals surface area contributed by atoms with Gasteiger partial charge in [0.2, 0.25) is 0 Å². The Hall–Kier alpha value is -0.530. The van der Waals surface area contributed by atoms with Crippen molar-refractivity contribution in [3.8, 4) is 0 Å². The number of nitrogens with zero attached hydrogens (tertiary/aromatic N) is 1. The molecule has 0 aliphatic carbocycles. The highest BCUT2D eigenvalue weighted by atomic mass is 127. The molecule has 1 amide bonds. The molecule has 0 atom stereocenters. The molecule has 82 valence electrons. The molecule has 0 N–H and O–H groups in total. The number of rotatable bonds is 5. The van der Waals surface area contributed by atoms with Gasteiger partial charge in [-0.25, -0.2) is 9.59 Å². The van der Waals surface area contributed by atoms with Gasteiger partial charge in [-0.15, -0.1) is 0 Å². The lowest BCUT2D eigenvalue weighted by Gasteiger charge is -2.17. The molecule has 0 saturated heterocycles. The van der Waals surface area contributed by atoms with E-state index in [1.54, 1.807) is 0 Å². The fourth-order valence-electron chi connectivity index (χ4n) is 0.796. The van der Waals surface area contributed by atoms with E-state index in [2.05, 4.69) is 4.74 Å². The molecule has 0 aromatic heterocycles. The van der Waals surface area contributed by atoms with Crippen LogP contribution in [0.4, 0.5) is 4.79 Å². The van der Waals surface area contributed by atoms with E-state index in [0.29, 0.717) is 13.1 Å². The van der Waals surface area contributed by atoms with Crippen LogP contribution in [0.3, 0.4) is 0 Å². The summed E-state index contributed by atoms with van der Waals surface area (Å²) < 4.78 is 9.56. The monoisotopic (exact) mass is 315 g/mol. The normalized spacial score (nSPS) is 9.36. The molecule has 0 aromatic rings. The summed E-state index contributed by atoms with van der Waals surface area (Å²) in [5, 5.41) is 0. The molecule has 0 fully saturated rings. The van der Waals surface area contributed by atoms with Crippen molar-refractivity contribution in [1.29, 1.82) is 0 Å². The average molecular weight is 315 g/mol. The standard InChI is InChI=1S/C8H14INO4/c1-3-10(4-2)8(12)13-5-7(11)14-6-9/h3-6H2,1-2H3. The SMILES string of the molecule is CCN(CC)C(=O)OCC(=O)OCI. The van der Waals surface area contributed by atoms with Gasteiger partial charge in [0.25, 0.3) is 0 Å². The van der Waals surface area contributed by atoms with Crippen LogP contribution in [0.15, 0.2) is 0 Å². The molecule has 0 bridgehead atoms. The molecule has 0 heterocycles. The van der Waals surface area contributed by atoms with Crippen LogP contribution < -0.4 is 0 Å². The highest BCUT2D eigenvalue weighted by molar-refractivity contribution is 14.1. The molecule has 0 radical (unpaired) electrons. The molecule has 14 heavy (non-hydrogen) atoms. The second-order valence-corrected chi connectivity index (χ2v) is 2.98. The summed E-state index contributed by atoms with van der Waals surface area (Å²) in [6, 6.07) is 0. The third-order valence-corrected chi connectivity index (χ3v) is 1.86. The number of amides is 1. The van der Waals surface area contributed by atoms with Crippen LogP contribution in [0.5, 0.6) is 0 Å².